The number of aromatic nitrogens is 3. The van der Waals surface area contributed by atoms with Gasteiger partial charge >= 0.3 is 0 Å². The molecule has 4 bridgehead atoms. The molecule has 164 valence electrons. The van der Waals surface area contributed by atoms with Gasteiger partial charge in [-0.25, -0.2) is 9.07 Å². The average Bonchev–Trinajstić information content (AvgIpc) is 3.23. The molecule has 2 aromatic rings. The Labute approximate surface area is 177 Å². The van der Waals surface area contributed by atoms with Crippen molar-refractivity contribution in [2.24, 2.45) is 0 Å². The van der Waals surface area contributed by atoms with Crippen LogP contribution in [0.3, 0.4) is 0 Å². The van der Waals surface area contributed by atoms with Crippen molar-refractivity contribution in [3.05, 3.63) is 41.5 Å². The molecule has 1 N–H and O–H groups in total. The molecule has 1 fully saturated rings. The molecular formula is C20H23FN6O4. The zero-order valence-electron chi connectivity index (χ0n) is 16.9. The van der Waals surface area contributed by atoms with Gasteiger partial charge in [0.2, 0.25) is 11.8 Å². The Morgan fingerprint density at radius 1 is 1.00 bits per heavy atom. The zero-order valence-corrected chi connectivity index (χ0v) is 16.9. The Morgan fingerprint density at radius 3 is 2.58 bits per heavy atom. The summed E-state index contributed by atoms with van der Waals surface area (Å²) >= 11 is 0. The second-order valence-electron chi connectivity index (χ2n) is 7.41. The number of rotatable bonds is 0. The number of nitrogens with zero attached hydrogens (tertiary/aromatic N) is 5. The van der Waals surface area contributed by atoms with Crippen molar-refractivity contribution in [2.45, 2.75) is 19.4 Å². The van der Waals surface area contributed by atoms with Crippen molar-refractivity contribution in [3.8, 4) is 5.75 Å². The van der Waals surface area contributed by atoms with Crippen molar-refractivity contribution >= 4 is 17.7 Å². The summed E-state index contributed by atoms with van der Waals surface area (Å²) < 4.78 is 21.2. The van der Waals surface area contributed by atoms with E-state index in [4.69, 9.17) is 4.74 Å². The fourth-order valence-corrected chi connectivity index (χ4v) is 3.55. The molecule has 0 atom stereocenters. The highest BCUT2D eigenvalue weighted by atomic mass is 19.1. The molecule has 1 aromatic carbocycles. The summed E-state index contributed by atoms with van der Waals surface area (Å²) in [5.41, 5.74) is 0.788. The number of carbonyl (C=O) groups is 3. The number of piperazine rings is 1. The molecule has 5 rings (SSSR count). The van der Waals surface area contributed by atoms with Crippen molar-refractivity contribution in [2.75, 3.05) is 39.3 Å². The number of ether oxygens (including phenoxy) is 1. The van der Waals surface area contributed by atoms with Gasteiger partial charge in [-0.15, -0.1) is 5.10 Å². The van der Waals surface area contributed by atoms with Gasteiger partial charge in [0.15, 0.2) is 0 Å². The minimum Gasteiger partial charge on any atom is -0.491 e. The Balaban J connectivity index is 1.55. The highest BCUT2D eigenvalue weighted by Crippen LogP contribution is 2.22. The molecule has 3 aliphatic heterocycles. The van der Waals surface area contributed by atoms with Crippen molar-refractivity contribution < 1.29 is 23.5 Å². The van der Waals surface area contributed by atoms with E-state index in [1.165, 1.54) is 18.2 Å². The van der Waals surface area contributed by atoms with E-state index in [0.717, 1.165) is 0 Å². The second kappa shape index (κ2) is 9.11. The molecule has 0 spiro atoms. The van der Waals surface area contributed by atoms with Crippen LogP contribution in [0, 0.1) is 5.82 Å². The van der Waals surface area contributed by atoms with Gasteiger partial charge in [-0.2, -0.15) is 0 Å². The van der Waals surface area contributed by atoms with Gasteiger partial charge in [-0.05, 0) is 18.2 Å². The highest BCUT2D eigenvalue weighted by Gasteiger charge is 2.27. The van der Waals surface area contributed by atoms with Crippen LogP contribution in [0.25, 0.3) is 0 Å². The molecular weight excluding hydrogens is 407 g/mol. The molecule has 1 aromatic heterocycles. The van der Waals surface area contributed by atoms with E-state index in [0.29, 0.717) is 44.8 Å². The standard InChI is InChI=1S/C20H23FN6O4/c21-14-1-3-17-16(11-14)20(30)26-7-5-25(6-8-26)19(29)12-22-18(28)4-2-15-13-27(24-23-15)9-10-31-17/h1,3,11,13H,2,4-10,12H2,(H,22,28). The maximum Gasteiger partial charge on any atom is 0.257 e. The van der Waals surface area contributed by atoms with E-state index in [2.05, 4.69) is 15.6 Å². The first kappa shape index (κ1) is 20.8. The molecule has 3 aliphatic rings. The number of carbonyl (C=O) groups excluding carboxylic acids is 3. The third kappa shape index (κ3) is 4.98. The first-order chi connectivity index (χ1) is 15.0. The third-order valence-electron chi connectivity index (χ3n) is 5.30. The Morgan fingerprint density at radius 2 is 1.77 bits per heavy atom. The number of hydrogen-bond donors (Lipinski definition) is 1. The summed E-state index contributed by atoms with van der Waals surface area (Å²) in [4.78, 5) is 40.6. The maximum absolute atomic E-state index is 13.9. The summed E-state index contributed by atoms with van der Waals surface area (Å²) in [5.74, 6) is -1.04. The number of benzene rings is 1. The molecule has 3 amide bonds. The van der Waals surface area contributed by atoms with E-state index < -0.39 is 5.82 Å². The van der Waals surface area contributed by atoms with Gasteiger partial charge in [0.25, 0.3) is 5.91 Å². The predicted octanol–water partition coefficient (Wildman–Crippen LogP) is -0.157. The molecule has 10 nitrogen and oxygen atoms in total. The lowest BCUT2D eigenvalue weighted by Gasteiger charge is -2.35. The molecule has 1 saturated heterocycles. The van der Waals surface area contributed by atoms with Crippen LogP contribution in [0.5, 0.6) is 5.75 Å². The van der Waals surface area contributed by atoms with Gasteiger partial charge in [0.1, 0.15) is 18.2 Å². The van der Waals surface area contributed by atoms with E-state index in [-0.39, 0.29) is 48.6 Å². The first-order valence-electron chi connectivity index (χ1n) is 10.1. The number of hydrogen-bond acceptors (Lipinski definition) is 6. The first-order valence-corrected chi connectivity index (χ1v) is 10.1. The zero-order chi connectivity index (χ0) is 21.8. The van der Waals surface area contributed by atoms with Crippen LogP contribution in [-0.2, 0) is 22.6 Å². The smallest absolute Gasteiger partial charge is 0.257 e. The molecule has 0 saturated carbocycles. The fraction of sp³-hybridized carbons (Fsp3) is 0.450. The van der Waals surface area contributed by atoms with Crippen LogP contribution in [0.4, 0.5) is 4.39 Å². The van der Waals surface area contributed by atoms with Crippen LogP contribution in [-0.4, -0.2) is 81.8 Å². The van der Waals surface area contributed by atoms with Gasteiger partial charge in [-0.1, -0.05) is 5.21 Å². The fourth-order valence-electron chi connectivity index (χ4n) is 3.55. The van der Waals surface area contributed by atoms with E-state index in [1.54, 1.807) is 20.7 Å². The summed E-state index contributed by atoms with van der Waals surface area (Å²) in [6.45, 7) is 1.80. The highest BCUT2D eigenvalue weighted by molar-refractivity contribution is 5.97. The van der Waals surface area contributed by atoms with Crippen LogP contribution >= 0.6 is 0 Å². The van der Waals surface area contributed by atoms with Gasteiger partial charge in [0.05, 0.1) is 24.3 Å². The quantitative estimate of drug-likeness (QED) is 0.622. The average molecular weight is 430 g/mol. The number of fused-ring (bicyclic) bond motifs is 9. The molecule has 11 heteroatoms. The van der Waals surface area contributed by atoms with E-state index in [9.17, 15) is 18.8 Å². The van der Waals surface area contributed by atoms with Crippen LogP contribution in [0.15, 0.2) is 24.4 Å². The van der Waals surface area contributed by atoms with Gasteiger partial charge in [-0.3, -0.25) is 14.4 Å². The van der Waals surface area contributed by atoms with Crippen molar-refractivity contribution in [3.63, 3.8) is 0 Å². The van der Waals surface area contributed by atoms with Crippen molar-refractivity contribution in [1.29, 1.82) is 0 Å². The molecule has 31 heavy (non-hydrogen) atoms. The Hall–Kier alpha value is -3.50. The normalized spacial score (nSPS) is 18.5. The molecule has 0 radical (unpaired) electrons. The lowest BCUT2D eigenvalue weighted by molar-refractivity contribution is -0.134. The summed E-state index contributed by atoms with van der Waals surface area (Å²) in [6.07, 6.45) is 2.31. The van der Waals surface area contributed by atoms with Crippen LogP contribution in [0.2, 0.25) is 0 Å². The summed E-state index contributed by atoms with van der Waals surface area (Å²) in [6, 6.07) is 3.85. The Kier molecular flexibility index (Phi) is 6.10. The Bertz CT molecular complexity index is 986. The molecule has 0 aliphatic carbocycles. The maximum atomic E-state index is 13.9. The summed E-state index contributed by atoms with van der Waals surface area (Å²) in [5, 5.41) is 10.7. The SMILES string of the molecule is O=C1CCc2cn(nn2)CCOc2ccc(F)cc2C(=O)N2CCN(CC2)C(=O)CN1. The number of halogens is 1. The lowest BCUT2D eigenvalue weighted by Crippen LogP contribution is -2.52. The lowest BCUT2D eigenvalue weighted by atomic mass is 10.1. The topological polar surface area (TPSA) is 110 Å². The van der Waals surface area contributed by atoms with Gasteiger partial charge in [0, 0.05) is 45.2 Å². The number of aryl methyl sites for hydroxylation is 1. The monoisotopic (exact) mass is 430 g/mol. The minimum absolute atomic E-state index is 0.0959. The second-order valence-corrected chi connectivity index (χ2v) is 7.41. The molecule has 4 heterocycles. The number of nitrogens with one attached hydrogen (secondary N) is 1. The van der Waals surface area contributed by atoms with E-state index >= 15 is 0 Å². The summed E-state index contributed by atoms with van der Waals surface area (Å²) in [7, 11) is 0. The van der Waals surface area contributed by atoms with Crippen LogP contribution < -0.4 is 10.1 Å². The van der Waals surface area contributed by atoms with E-state index in [1.807, 2.05) is 0 Å². The predicted molar refractivity (Wildman–Crippen MR) is 106 cm³/mol. The van der Waals surface area contributed by atoms with Gasteiger partial charge < -0.3 is 19.9 Å². The minimum atomic E-state index is -0.528. The largest absolute Gasteiger partial charge is 0.491 e. The third-order valence-corrected chi connectivity index (χ3v) is 5.30. The molecule has 0 unspecified atom stereocenters. The van der Waals surface area contributed by atoms with Crippen LogP contribution in [0.1, 0.15) is 22.5 Å². The number of amides is 3. The van der Waals surface area contributed by atoms with Crippen molar-refractivity contribution in [1.82, 2.24) is 30.1 Å².